The summed E-state index contributed by atoms with van der Waals surface area (Å²) in [5, 5.41) is 2.27. The van der Waals surface area contributed by atoms with Crippen molar-refractivity contribution in [3.05, 3.63) is 59.7 Å². The molecule has 20 heavy (non-hydrogen) atoms. The van der Waals surface area contributed by atoms with Crippen LogP contribution in [0.3, 0.4) is 0 Å². The number of benzene rings is 2. The fraction of sp³-hybridized carbons (Fsp3) is 0.111. The van der Waals surface area contributed by atoms with Crippen molar-refractivity contribution in [1.29, 1.82) is 0 Å². The summed E-state index contributed by atoms with van der Waals surface area (Å²) in [6, 6.07) is 13.9. The van der Waals surface area contributed by atoms with Crippen molar-refractivity contribution in [1.82, 2.24) is 0 Å². The van der Waals surface area contributed by atoms with E-state index in [0.29, 0.717) is 0 Å². The van der Waals surface area contributed by atoms with E-state index in [-0.39, 0.29) is 17.1 Å². The fourth-order valence-corrected chi connectivity index (χ4v) is 1.91. The monoisotopic (exact) mass is 262 g/mol. The molecule has 0 atom stereocenters. The molecule has 98 valence electrons. The van der Waals surface area contributed by atoms with Gasteiger partial charge in [0.2, 0.25) is 0 Å². The van der Waals surface area contributed by atoms with Gasteiger partial charge in [-0.1, -0.05) is 42.2 Å². The summed E-state index contributed by atoms with van der Waals surface area (Å²) in [7, 11) is 0. The second-order valence-electron chi connectivity index (χ2n) is 4.50. The van der Waals surface area contributed by atoms with E-state index < -0.39 is 0 Å². The number of fused-ring (bicyclic) bond motifs is 1. The van der Waals surface area contributed by atoms with Gasteiger partial charge in [0.05, 0.1) is 5.57 Å². The third kappa shape index (κ3) is 3.21. The highest BCUT2D eigenvalue weighted by molar-refractivity contribution is 6.18. The SMILES string of the molecule is CC(=O)C(=CC#Cc1ccc2ccccc2c1)C(C)=O. The first-order valence-corrected chi connectivity index (χ1v) is 6.30. The van der Waals surface area contributed by atoms with Crippen molar-refractivity contribution in [3.63, 3.8) is 0 Å². The van der Waals surface area contributed by atoms with Crippen LogP contribution in [0.1, 0.15) is 19.4 Å². The first-order valence-electron chi connectivity index (χ1n) is 6.30. The van der Waals surface area contributed by atoms with E-state index in [1.165, 1.54) is 19.9 Å². The van der Waals surface area contributed by atoms with Crippen molar-refractivity contribution >= 4 is 22.3 Å². The molecule has 0 saturated heterocycles. The maximum atomic E-state index is 11.2. The molecule has 2 nitrogen and oxygen atoms in total. The van der Waals surface area contributed by atoms with E-state index in [1.54, 1.807) is 0 Å². The van der Waals surface area contributed by atoms with E-state index in [0.717, 1.165) is 16.3 Å². The van der Waals surface area contributed by atoms with Gasteiger partial charge < -0.3 is 0 Å². The Bertz CT molecular complexity index is 755. The molecule has 0 saturated carbocycles. The van der Waals surface area contributed by atoms with Crippen LogP contribution in [-0.2, 0) is 9.59 Å². The Balaban J connectivity index is 2.33. The minimum Gasteiger partial charge on any atom is -0.294 e. The lowest BCUT2D eigenvalue weighted by Crippen LogP contribution is -2.05. The molecule has 0 aliphatic heterocycles. The molecule has 2 aromatic rings. The molecule has 0 heterocycles. The zero-order valence-corrected chi connectivity index (χ0v) is 11.4. The molecule has 0 fully saturated rings. The van der Waals surface area contributed by atoms with Crippen LogP contribution in [0.15, 0.2) is 54.1 Å². The molecular weight excluding hydrogens is 248 g/mol. The van der Waals surface area contributed by atoms with Crippen LogP contribution in [0.5, 0.6) is 0 Å². The van der Waals surface area contributed by atoms with Crippen LogP contribution in [-0.4, -0.2) is 11.6 Å². The Hall–Kier alpha value is -2.66. The van der Waals surface area contributed by atoms with Gasteiger partial charge in [0, 0.05) is 11.6 Å². The van der Waals surface area contributed by atoms with Crippen LogP contribution < -0.4 is 0 Å². The quantitative estimate of drug-likeness (QED) is 0.360. The van der Waals surface area contributed by atoms with Crippen LogP contribution in [0, 0.1) is 11.8 Å². The summed E-state index contributed by atoms with van der Waals surface area (Å²) < 4.78 is 0. The predicted molar refractivity (Wildman–Crippen MR) is 80.3 cm³/mol. The zero-order chi connectivity index (χ0) is 14.5. The highest BCUT2D eigenvalue weighted by Crippen LogP contribution is 2.14. The number of allylic oxidation sites excluding steroid dienone is 2. The summed E-state index contributed by atoms with van der Waals surface area (Å²) in [6.45, 7) is 2.73. The van der Waals surface area contributed by atoms with E-state index in [9.17, 15) is 9.59 Å². The van der Waals surface area contributed by atoms with Gasteiger partial charge in [-0.15, -0.1) is 0 Å². The smallest absolute Gasteiger partial charge is 0.164 e. The molecule has 2 rings (SSSR count). The van der Waals surface area contributed by atoms with Gasteiger partial charge in [-0.05, 0) is 36.8 Å². The third-order valence-corrected chi connectivity index (χ3v) is 2.94. The van der Waals surface area contributed by atoms with Gasteiger partial charge in [-0.2, -0.15) is 0 Å². The second kappa shape index (κ2) is 5.99. The van der Waals surface area contributed by atoms with Gasteiger partial charge in [0.15, 0.2) is 11.6 Å². The van der Waals surface area contributed by atoms with E-state index in [4.69, 9.17) is 0 Å². The Kier molecular flexibility index (Phi) is 4.12. The van der Waals surface area contributed by atoms with Crippen LogP contribution in [0.2, 0.25) is 0 Å². The first-order chi connectivity index (χ1) is 9.58. The van der Waals surface area contributed by atoms with Crippen molar-refractivity contribution in [2.24, 2.45) is 0 Å². The van der Waals surface area contributed by atoms with Gasteiger partial charge in [-0.25, -0.2) is 0 Å². The van der Waals surface area contributed by atoms with Crippen LogP contribution >= 0.6 is 0 Å². The number of Topliss-reactive ketones (excluding diaryl/α,β-unsaturated/α-hetero) is 2. The van der Waals surface area contributed by atoms with Crippen molar-refractivity contribution in [2.75, 3.05) is 0 Å². The highest BCUT2D eigenvalue weighted by atomic mass is 16.1. The minimum atomic E-state index is -0.259. The Morgan fingerprint density at radius 2 is 1.60 bits per heavy atom. The summed E-state index contributed by atoms with van der Waals surface area (Å²) in [5.41, 5.74) is 0.990. The molecule has 0 aliphatic carbocycles. The fourth-order valence-electron chi connectivity index (χ4n) is 1.91. The molecule has 0 aliphatic rings. The second-order valence-corrected chi connectivity index (χ2v) is 4.50. The summed E-state index contributed by atoms with van der Waals surface area (Å²) in [5.74, 6) is 5.20. The molecule has 2 heteroatoms. The lowest BCUT2D eigenvalue weighted by atomic mass is 10.1. The minimum absolute atomic E-state index is 0.137. The number of hydrogen-bond donors (Lipinski definition) is 0. The predicted octanol–water partition coefficient (Wildman–Crippen LogP) is 3.30. The van der Waals surface area contributed by atoms with Crippen LogP contribution in [0.25, 0.3) is 10.8 Å². The van der Waals surface area contributed by atoms with E-state index in [1.807, 2.05) is 42.5 Å². The summed E-state index contributed by atoms with van der Waals surface area (Å²) >= 11 is 0. The molecule has 0 unspecified atom stereocenters. The van der Waals surface area contributed by atoms with Crippen molar-refractivity contribution in [2.45, 2.75) is 13.8 Å². The van der Waals surface area contributed by atoms with E-state index >= 15 is 0 Å². The molecule has 0 aromatic heterocycles. The molecule has 0 radical (unpaired) electrons. The summed E-state index contributed by atoms with van der Waals surface area (Å²) in [6.07, 6.45) is 1.39. The Labute approximate surface area is 118 Å². The normalized spacial score (nSPS) is 9.50. The third-order valence-electron chi connectivity index (χ3n) is 2.94. The van der Waals surface area contributed by atoms with Crippen molar-refractivity contribution in [3.8, 4) is 11.8 Å². The molecule has 2 aromatic carbocycles. The van der Waals surface area contributed by atoms with Crippen LogP contribution in [0.4, 0.5) is 0 Å². The van der Waals surface area contributed by atoms with Crippen molar-refractivity contribution < 1.29 is 9.59 Å². The standard InChI is InChI=1S/C18H14O2/c1-13(19)18(14(2)20)9-5-6-15-10-11-16-7-3-4-8-17(16)12-15/h3-4,7-12H,1-2H3. The van der Waals surface area contributed by atoms with Gasteiger partial charge in [0.25, 0.3) is 0 Å². The lowest BCUT2D eigenvalue weighted by Gasteiger charge is -1.97. The number of rotatable bonds is 2. The Morgan fingerprint density at radius 1 is 0.950 bits per heavy atom. The molecule has 0 N–H and O–H groups in total. The highest BCUT2D eigenvalue weighted by Gasteiger charge is 2.07. The average Bonchev–Trinajstić information content (AvgIpc) is 2.42. The lowest BCUT2D eigenvalue weighted by molar-refractivity contribution is -0.119. The summed E-state index contributed by atoms with van der Waals surface area (Å²) in [4.78, 5) is 22.5. The molecule has 0 spiro atoms. The molecular formula is C18H14O2. The van der Waals surface area contributed by atoms with Gasteiger partial charge >= 0.3 is 0 Å². The average molecular weight is 262 g/mol. The maximum Gasteiger partial charge on any atom is 0.164 e. The molecule has 0 bridgehead atoms. The van der Waals surface area contributed by atoms with Gasteiger partial charge in [0.1, 0.15) is 0 Å². The van der Waals surface area contributed by atoms with E-state index in [2.05, 4.69) is 11.8 Å². The largest absolute Gasteiger partial charge is 0.294 e. The van der Waals surface area contributed by atoms with Gasteiger partial charge in [-0.3, -0.25) is 9.59 Å². The number of ketones is 2. The molecule has 0 amide bonds. The number of carbonyl (C=O) groups is 2. The maximum absolute atomic E-state index is 11.2. The number of carbonyl (C=O) groups excluding carboxylic acids is 2. The zero-order valence-electron chi connectivity index (χ0n) is 11.4. The topological polar surface area (TPSA) is 34.1 Å². The Morgan fingerprint density at radius 3 is 2.25 bits per heavy atom. The first kappa shape index (κ1) is 13.8. The number of hydrogen-bond acceptors (Lipinski definition) is 2.